The van der Waals surface area contributed by atoms with Crippen LogP contribution in [0.3, 0.4) is 0 Å². The lowest BCUT2D eigenvalue weighted by atomic mass is 10.1. The number of thiol groups is 1. The van der Waals surface area contributed by atoms with Crippen molar-refractivity contribution in [1.29, 1.82) is 0 Å². The topological polar surface area (TPSA) is 49.4 Å². The van der Waals surface area contributed by atoms with Crippen LogP contribution < -0.4 is 10.2 Å². The second-order valence-corrected chi connectivity index (χ2v) is 5.40. The highest BCUT2D eigenvalue weighted by Gasteiger charge is 2.31. The highest BCUT2D eigenvalue weighted by Crippen LogP contribution is 2.34. The Morgan fingerprint density at radius 3 is 2.89 bits per heavy atom. The van der Waals surface area contributed by atoms with Gasteiger partial charge >= 0.3 is 0 Å². The third kappa shape index (κ3) is 3.22. The van der Waals surface area contributed by atoms with Crippen molar-refractivity contribution in [3.8, 4) is 0 Å². The van der Waals surface area contributed by atoms with Crippen molar-refractivity contribution >= 4 is 47.4 Å². The summed E-state index contributed by atoms with van der Waals surface area (Å²) >= 11 is 10.2. The third-order valence-corrected chi connectivity index (χ3v) is 3.78. The van der Waals surface area contributed by atoms with Gasteiger partial charge in [0, 0.05) is 24.9 Å². The van der Waals surface area contributed by atoms with Gasteiger partial charge in [0.2, 0.25) is 11.8 Å². The Hall–Kier alpha value is -1.20. The van der Waals surface area contributed by atoms with Crippen LogP contribution in [0.25, 0.3) is 0 Å². The summed E-state index contributed by atoms with van der Waals surface area (Å²) in [5.41, 5.74) is 1.25. The largest absolute Gasteiger partial charge is 0.325 e. The fourth-order valence-corrected chi connectivity index (χ4v) is 2.57. The zero-order valence-electron chi connectivity index (χ0n) is 10.5. The minimum atomic E-state index is -0.180. The number of anilines is 2. The summed E-state index contributed by atoms with van der Waals surface area (Å²) in [7, 11) is 0. The van der Waals surface area contributed by atoms with Gasteiger partial charge in [0.1, 0.15) is 0 Å². The van der Waals surface area contributed by atoms with Crippen LogP contribution in [0, 0.1) is 5.92 Å². The van der Waals surface area contributed by atoms with Gasteiger partial charge in [0.25, 0.3) is 0 Å². The molecule has 0 spiro atoms. The van der Waals surface area contributed by atoms with E-state index in [0.29, 0.717) is 35.1 Å². The number of benzene rings is 1. The fourth-order valence-electron chi connectivity index (χ4n) is 2.16. The smallest absolute Gasteiger partial charge is 0.227 e. The molecule has 1 aliphatic rings. The predicted octanol–water partition coefficient (Wildman–Crippen LogP) is 2.58. The van der Waals surface area contributed by atoms with Crippen LogP contribution in [0.1, 0.15) is 13.3 Å². The molecule has 1 unspecified atom stereocenters. The lowest BCUT2D eigenvalue weighted by Gasteiger charge is -2.20. The molecule has 1 aromatic rings. The minimum Gasteiger partial charge on any atom is -0.325 e. The van der Waals surface area contributed by atoms with E-state index in [-0.39, 0.29) is 17.7 Å². The normalized spacial score (nSPS) is 18.8. The highest BCUT2D eigenvalue weighted by molar-refractivity contribution is 7.80. The Bertz CT molecular complexity index is 521. The maximum absolute atomic E-state index is 12.0. The first-order chi connectivity index (χ1) is 9.01. The molecular weight excluding hydrogens is 284 g/mol. The van der Waals surface area contributed by atoms with E-state index >= 15 is 0 Å². The number of nitrogens with one attached hydrogen (secondary N) is 1. The summed E-state index contributed by atoms with van der Waals surface area (Å²) in [5.74, 6) is 0.757. The number of carbonyl (C=O) groups is 2. The standard InChI is InChI=1S/C13H15ClN2O2S/c1-8(17)15-11-3-2-10(14)5-12(11)16-6-9(7-19)4-13(16)18/h2-3,5,9,19H,4,6-7H2,1H3,(H,15,17). The molecule has 2 rings (SSSR count). The third-order valence-electron chi connectivity index (χ3n) is 3.02. The molecule has 0 aliphatic carbocycles. The number of nitrogens with zero attached hydrogens (tertiary/aromatic N) is 1. The average molecular weight is 299 g/mol. The molecule has 1 saturated heterocycles. The van der Waals surface area contributed by atoms with Crippen molar-refractivity contribution in [1.82, 2.24) is 0 Å². The van der Waals surface area contributed by atoms with E-state index in [1.165, 1.54) is 6.92 Å². The first-order valence-corrected chi connectivity index (χ1v) is 7.00. The van der Waals surface area contributed by atoms with Gasteiger partial charge in [-0.1, -0.05) is 11.6 Å². The van der Waals surface area contributed by atoms with Crippen molar-refractivity contribution in [2.24, 2.45) is 5.92 Å². The maximum atomic E-state index is 12.0. The molecule has 1 heterocycles. The monoisotopic (exact) mass is 298 g/mol. The predicted molar refractivity (Wildman–Crippen MR) is 80.1 cm³/mol. The number of hydrogen-bond acceptors (Lipinski definition) is 3. The number of halogens is 1. The molecule has 1 N–H and O–H groups in total. The van der Waals surface area contributed by atoms with Gasteiger partial charge in [0.05, 0.1) is 11.4 Å². The maximum Gasteiger partial charge on any atom is 0.227 e. The highest BCUT2D eigenvalue weighted by atomic mass is 35.5. The van der Waals surface area contributed by atoms with Gasteiger partial charge < -0.3 is 10.2 Å². The average Bonchev–Trinajstić information content (AvgIpc) is 2.72. The van der Waals surface area contributed by atoms with E-state index in [1.807, 2.05) is 0 Å². The minimum absolute atomic E-state index is 0.0351. The first-order valence-electron chi connectivity index (χ1n) is 5.99. The summed E-state index contributed by atoms with van der Waals surface area (Å²) in [4.78, 5) is 24.9. The Balaban J connectivity index is 2.35. The quantitative estimate of drug-likeness (QED) is 0.843. The molecule has 0 aromatic heterocycles. The van der Waals surface area contributed by atoms with E-state index in [2.05, 4.69) is 17.9 Å². The van der Waals surface area contributed by atoms with Crippen molar-refractivity contribution in [3.05, 3.63) is 23.2 Å². The molecule has 0 saturated carbocycles. The van der Waals surface area contributed by atoms with Crippen LogP contribution in [0.15, 0.2) is 18.2 Å². The van der Waals surface area contributed by atoms with Crippen LogP contribution >= 0.6 is 24.2 Å². The van der Waals surface area contributed by atoms with Gasteiger partial charge in [-0.3, -0.25) is 9.59 Å². The molecule has 6 heteroatoms. The van der Waals surface area contributed by atoms with Crippen molar-refractivity contribution in [3.63, 3.8) is 0 Å². The number of hydrogen-bond donors (Lipinski definition) is 2. The van der Waals surface area contributed by atoms with E-state index in [4.69, 9.17) is 11.6 Å². The summed E-state index contributed by atoms with van der Waals surface area (Å²) in [6.07, 6.45) is 0.482. The Morgan fingerprint density at radius 2 is 2.32 bits per heavy atom. The number of rotatable bonds is 3. The van der Waals surface area contributed by atoms with Gasteiger partial charge in [0.15, 0.2) is 0 Å². The molecule has 4 nitrogen and oxygen atoms in total. The molecule has 1 fully saturated rings. The first kappa shape index (κ1) is 14.2. The molecule has 0 radical (unpaired) electrons. The lowest BCUT2D eigenvalue weighted by molar-refractivity contribution is -0.117. The fraction of sp³-hybridized carbons (Fsp3) is 0.385. The Kier molecular flexibility index (Phi) is 4.37. The Morgan fingerprint density at radius 1 is 1.58 bits per heavy atom. The van der Waals surface area contributed by atoms with Gasteiger partial charge in [-0.05, 0) is 29.9 Å². The van der Waals surface area contributed by atoms with Gasteiger partial charge in [-0.15, -0.1) is 0 Å². The summed E-state index contributed by atoms with van der Waals surface area (Å²) in [6, 6.07) is 5.10. The van der Waals surface area contributed by atoms with Crippen LogP contribution in [0.5, 0.6) is 0 Å². The number of carbonyl (C=O) groups excluding carboxylic acids is 2. The van der Waals surface area contributed by atoms with E-state index in [1.54, 1.807) is 23.1 Å². The van der Waals surface area contributed by atoms with Crippen molar-refractivity contribution in [2.45, 2.75) is 13.3 Å². The summed E-state index contributed by atoms with van der Waals surface area (Å²) < 4.78 is 0. The Labute approximate surface area is 122 Å². The van der Waals surface area contributed by atoms with Crippen LogP contribution in [-0.2, 0) is 9.59 Å². The van der Waals surface area contributed by atoms with Crippen LogP contribution in [0.2, 0.25) is 5.02 Å². The zero-order chi connectivity index (χ0) is 14.0. The van der Waals surface area contributed by atoms with E-state index in [0.717, 1.165) is 0 Å². The second kappa shape index (κ2) is 5.84. The molecule has 0 bridgehead atoms. The molecule has 2 amide bonds. The van der Waals surface area contributed by atoms with E-state index < -0.39 is 0 Å². The lowest BCUT2D eigenvalue weighted by Crippen LogP contribution is -2.26. The van der Waals surface area contributed by atoms with Crippen LogP contribution in [0.4, 0.5) is 11.4 Å². The second-order valence-electron chi connectivity index (χ2n) is 4.60. The van der Waals surface area contributed by atoms with Crippen LogP contribution in [-0.4, -0.2) is 24.1 Å². The number of amides is 2. The molecule has 1 atom stereocenters. The van der Waals surface area contributed by atoms with E-state index in [9.17, 15) is 9.59 Å². The molecule has 1 aliphatic heterocycles. The molecule has 1 aromatic carbocycles. The van der Waals surface area contributed by atoms with Gasteiger partial charge in [-0.25, -0.2) is 0 Å². The molecule has 19 heavy (non-hydrogen) atoms. The summed E-state index contributed by atoms with van der Waals surface area (Å²) in [5, 5.41) is 3.25. The zero-order valence-corrected chi connectivity index (χ0v) is 12.2. The SMILES string of the molecule is CC(=O)Nc1ccc(Cl)cc1N1CC(CS)CC1=O. The van der Waals surface area contributed by atoms with Crippen molar-refractivity contribution < 1.29 is 9.59 Å². The summed E-state index contributed by atoms with van der Waals surface area (Å²) in [6.45, 7) is 2.04. The molecule has 102 valence electrons. The molecular formula is C13H15ClN2O2S. The van der Waals surface area contributed by atoms with Gasteiger partial charge in [-0.2, -0.15) is 12.6 Å². The van der Waals surface area contributed by atoms with Crippen molar-refractivity contribution in [2.75, 3.05) is 22.5 Å².